The molecule has 6 nitrogen and oxygen atoms in total. The number of carbonyl (C=O) groups is 1. The maximum Gasteiger partial charge on any atom is 0.230 e. The molecule has 1 aliphatic rings. The van der Waals surface area contributed by atoms with Gasteiger partial charge in [-0.2, -0.15) is 4.98 Å². The zero-order chi connectivity index (χ0) is 11.5. The molecule has 0 aromatic carbocycles. The minimum Gasteiger partial charge on any atom is -0.340 e. The van der Waals surface area contributed by atoms with Crippen LogP contribution in [0.15, 0.2) is 4.52 Å². The average Bonchev–Trinajstić information content (AvgIpc) is 2.65. The quantitative estimate of drug-likeness (QED) is 0.690. The van der Waals surface area contributed by atoms with Gasteiger partial charge in [0.25, 0.3) is 0 Å². The van der Waals surface area contributed by atoms with Crippen molar-refractivity contribution in [2.24, 2.45) is 0 Å². The Kier molecular flexibility index (Phi) is 3.19. The SMILES string of the molecule is Cc1nc(CC(=O)N2CCN(C)CC2)no1. The minimum atomic E-state index is 0.0777. The smallest absolute Gasteiger partial charge is 0.230 e. The molecule has 16 heavy (non-hydrogen) atoms. The van der Waals surface area contributed by atoms with Crippen LogP contribution in [0.2, 0.25) is 0 Å². The van der Waals surface area contributed by atoms with Crippen LogP contribution in [-0.2, 0) is 11.2 Å². The molecule has 1 saturated heterocycles. The van der Waals surface area contributed by atoms with Crippen molar-refractivity contribution < 1.29 is 9.32 Å². The number of hydrogen-bond acceptors (Lipinski definition) is 5. The zero-order valence-corrected chi connectivity index (χ0v) is 9.64. The van der Waals surface area contributed by atoms with Gasteiger partial charge in [-0.1, -0.05) is 5.16 Å². The van der Waals surface area contributed by atoms with Crippen molar-refractivity contribution in [2.45, 2.75) is 13.3 Å². The summed E-state index contributed by atoms with van der Waals surface area (Å²) in [7, 11) is 2.06. The summed E-state index contributed by atoms with van der Waals surface area (Å²) in [4.78, 5) is 20.0. The molecule has 2 rings (SSSR count). The highest BCUT2D eigenvalue weighted by Gasteiger charge is 2.20. The molecular weight excluding hydrogens is 208 g/mol. The lowest BCUT2D eigenvalue weighted by atomic mass is 10.3. The maximum atomic E-state index is 11.9. The maximum absolute atomic E-state index is 11.9. The van der Waals surface area contributed by atoms with Gasteiger partial charge in [0.05, 0.1) is 6.42 Å². The Hall–Kier alpha value is -1.43. The van der Waals surface area contributed by atoms with Crippen LogP contribution in [0.4, 0.5) is 0 Å². The van der Waals surface area contributed by atoms with Crippen molar-refractivity contribution in [3.8, 4) is 0 Å². The molecule has 0 radical (unpaired) electrons. The first-order valence-electron chi connectivity index (χ1n) is 5.40. The number of aromatic nitrogens is 2. The summed E-state index contributed by atoms with van der Waals surface area (Å²) >= 11 is 0. The van der Waals surface area contributed by atoms with Gasteiger partial charge in [-0.25, -0.2) is 0 Å². The second kappa shape index (κ2) is 4.61. The van der Waals surface area contributed by atoms with E-state index in [1.807, 2.05) is 4.90 Å². The molecule has 88 valence electrons. The van der Waals surface area contributed by atoms with Crippen LogP contribution in [0.1, 0.15) is 11.7 Å². The topological polar surface area (TPSA) is 62.5 Å². The summed E-state index contributed by atoms with van der Waals surface area (Å²) in [5, 5.41) is 3.72. The monoisotopic (exact) mass is 224 g/mol. The zero-order valence-electron chi connectivity index (χ0n) is 9.64. The summed E-state index contributed by atoms with van der Waals surface area (Å²) in [5.74, 6) is 1.05. The Morgan fingerprint density at radius 2 is 2.06 bits per heavy atom. The standard InChI is InChI=1S/C10H16N4O2/c1-8-11-9(12-16-8)7-10(15)14-5-3-13(2)4-6-14/h3-7H2,1-2H3. The molecule has 0 atom stereocenters. The van der Waals surface area contributed by atoms with E-state index in [1.54, 1.807) is 6.92 Å². The number of likely N-dealkylation sites (N-methyl/N-ethyl adjacent to an activating group) is 1. The lowest BCUT2D eigenvalue weighted by Gasteiger charge is -2.32. The van der Waals surface area contributed by atoms with E-state index >= 15 is 0 Å². The first-order valence-corrected chi connectivity index (χ1v) is 5.40. The second-order valence-corrected chi connectivity index (χ2v) is 4.09. The van der Waals surface area contributed by atoms with E-state index in [1.165, 1.54) is 0 Å². The van der Waals surface area contributed by atoms with Gasteiger partial charge < -0.3 is 14.3 Å². The van der Waals surface area contributed by atoms with Gasteiger partial charge in [0.1, 0.15) is 0 Å². The number of aryl methyl sites for hydroxylation is 1. The fourth-order valence-electron chi connectivity index (χ4n) is 1.72. The van der Waals surface area contributed by atoms with E-state index in [4.69, 9.17) is 4.52 Å². The van der Waals surface area contributed by atoms with Crippen molar-refractivity contribution in [1.29, 1.82) is 0 Å². The molecule has 1 amide bonds. The third kappa shape index (κ3) is 2.57. The molecule has 2 heterocycles. The normalized spacial score (nSPS) is 17.8. The first-order chi connectivity index (χ1) is 7.65. The van der Waals surface area contributed by atoms with Crippen molar-refractivity contribution in [3.05, 3.63) is 11.7 Å². The van der Waals surface area contributed by atoms with Crippen LogP contribution < -0.4 is 0 Å². The fourth-order valence-corrected chi connectivity index (χ4v) is 1.72. The van der Waals surface area contributed by atoms with Gasteiger partial charge in [-0.15, -0.1) is 0 Å². The van der Waals surface area contributed by atoms with Gasteiger partial charge in [0, 0.05) is 33.1 Å². The van der Waals surface area contributed by atoms with Crippen molar-refractivity contribution in [1.82, 2.24) is 19.9 Å². The third-order valence-electron chi connectivity index (χ3n) is 2.73. The van der Waals surface area contributed by atoms with Gasteiger partial charge >= 0.3 is 0 Å². The molecule has 0 spiro atoms. The largest absolute Gasteiger partial charge is 0.340 e. The molecule has 1 aliphatic heterocycles. The Morgan fingerprint density at radius 1 is 1.38 bits per heavy atom. The number of amides is 1. The van der Waals surface area contributed by atoms with E-state index in [-0.39, 0.29) is 12.3 Å². The van der Waals surface area contributed by atoms with E-state index in [0.29, 0.717) is 11.7 Å². The van der Waals surface area contributed by atoms with Crippen molar-refractivity contribution >= 4 is 5.91 Å². The number of hydrogen-bond donors (Lipinski definition) is 0. The molecule has 0 unspecified atom stereocenters. The summed E-state index contributed by atoms with van der Waals surface area (Å²) in [6, 6.07) is 0. The van der Waals surface area contributed by atoms with Crippen LogP contribution in [-0.4, -0.2) is 59.1 Å². The van der Waals surface area contributed by atoms with Gasteiger partial charge in [0.2, 0.25) is 11.8 Å². The predicted octanol–water partition coefficient (Wildman–Crippen LogP) is -0.305. The second-order valence-electron chi connectivity index (χ2n) is 4.09. The molecule has 1 aromatic heterocycles. The lowest BCUT2D eigenvalue weighted by Crippen LogP contribution is -2.47. The molecule has 0 saturated carbocycles. The van der Waals surface area contributed by atoms with Crippen LogP contribution in [0.5, 0.6) is 0 Å². The van der Waals surface area contributed by atoms with Crippen molar-refractivity contribution in [2.75, 3.05) is 33.2 Å². The Balaban J connectivity index is 1.88. The van der Waals surface area contributed by atoms with E-state index < -0.39 is 0 Å². The van der Waals surface area contributed by atoms with E-state index in [2.05, 4.69) is 22.1 Å². The molecule has 0 aliphatic carbocycles. The minimum absolute atomic E-state index is 0.0777. The van der Waals surface area contributed by atoms with Crippen LogP contribution >= 0.6 is 0 Å². The molecule has 0 bridgehead atoms. The van der Waals surface area contributed by atoms with Gasteiger partial charge in [-0.3, -0.25) is 4.79 Å². The molecule has 1 aromatic rings. The molecule has 0 N–H and O–H groups in total. The highest BCUT2D eigenvalue weighted by molar-refractivity contribution is 5.78. The highest BCUT2D eigenvalue weighted by Crippen LogP contribution is 2.03. The van der Waals surface area contributed by atoms with Crippen molar-refractivity contribution in [3.63, 3.8) is 0 Å². The van der Waals surface area contributed by atoms with Crippen LogP contribution in [0.25, 0.3) is 0 Å². The van der Waals surface area contributed by atoms with E-state index in [0.717, 1.165) is 26.2 Å². The Bertz CT molecular complexity index is 369. The summed E-state index contributed by atoms with van der Waals surface area (Å²) in [6.07, 6.45) is 0.237. The third-order valence-corrected chi connectivity index (χ3v) is 2.73. The number of carbonyl (C=O) groups excluding carboxylic acids is 1. The summed E-state index contributed by atoms with van der Waals surface area (Å²) in [6.45, 7) is 5.14. The number of piperazine rings is 1. The first kappa shape index (κ1) is 11.1. The Labute approximate surface area is 94.2 Å². The Morgan fingerprint density at radius 3 is 2.62 bits per heavy atom. The van der Waals surface area contributed by atoms with Crippen LogP contribution in [0.3, 0.4) is 0 Å². The number of nitrogens with zero attached hydrogens (tertiary/aromatic N) is 4. The summed E-state index contributed by atoms with van der Waals surface area (Å²) in [5.41, 5.74) is 0. The average molecular weight is 224 g/mol. The van der Waals surface area contributed by atoms with Gasteiger partial charge in [-0.05, 0) is 7.05 Å². The fraction of sp³-hybridized carbons (Fsp3) is 0.700. The highest BCUT2D eigenvalue weighted by atomic mass is 16.5. The summed E-state index contributed by atoms with van der Waals surface area (Å²) < 4.78 is 4.83. The predicted molar refractivity (Wildman–Crippen MR) is 56.8 cm³/mol. The molecule has 6 heteroatoms. The molecular formula is C10H16N4O2. The lowest BCUT2D eigenvalue weighted by molar-refractivity contribution is -0.132. The van der Waals surface area contributed by atoms with Crippen LogP contribution in [0, 0.1) is 6.92 Å². The van der Waals surface area contributed by atoms with Gasteiger partial charge in [0.15, 0.2) is 5.82 Å². The molecule has 1 fully saturated rings. The van der Waals surface area contributed by atoms with E-state index in [9.17, 15) is 4.79 Å². The number of rotatable bonds is 2.